The fourth-order valence-corrected chi connectivity index (χ4v) is 5.62. The number of rotatable bonds is 3. The van der Waals surface area contributed by atoms with Crippen molar-refractivity contribution in [3.05, 3.63) is 11.1 Å². The number of likely N-dealkylation sites (N-methyl/N-ethyl adjacent to an activating group) is 1. The molecular weight excluding hydrogens is 346 g/mol. The maximum atomic E-state index is 12.1. The largest absolute Gasteiger partial charge is 0.348 e. The Morgan fingerprint density at radius 3 is 2.73 bits per heavy atom. The SMILES string of the molecule is CN1CC[C@]2(CCC1=O)CN(Cc1cnc(N3CCCC3)s1)CCN2C. The molecule has 3 aliphatic rings. The standard InChI is InChI=1S/C19H31N5OS/c1-21-10-7-19(6-5-17(21)25)15-23(12-11-22(19)2)14-16-13-20-18(26-16)24-8-3-4-9-24/h13H,3-12,14-15H2,1-2H3/t19-/m1/s1. The van der Waals surface area contributed by atoms with Crippen LogP contribution in [0.2, 0.25) is 0 Å². The van der Waals surface area contributed by atoms with Gasteiger partial charge in [-0.1, -0.05) is 0 Å². The molecule has 3 aliphatic heterocycles. The van der Waals surface area contributed by atoms with Gasteiger partial charge in [0.05, 0.1) is 0 Å². The van der Waals surface area contributed by atoms with Crippen LogP contribution in [0.4, 0.5) is 5.13 Å². The molecule has 4 rings (SSSR count). The molecular formula is C19H31N5OS. The zero-order chi connectivity index (χ0) is 18.1. The Bertz CT molecular complexity index is 644. The van der Waals surface area contributed by atoms with Crippen molar-refractivity contribution >= 4 is 22.4 Å². The summed E-state index contributed by atoms with van der Waals surface area (Å²) >= 11 is 1.86. The highest BCUT2D eigenvalue weighted by Gasteiger charge is 2.41. The number of carbonyl (C=O) groups excluding carboxylic acids is 1. The van der Waals surface area contributed by atoms with Crippen LogP contribution in [0.3, 0.4) is 0 Å². The summed E-state index contributed by atoms with van der Waals surface area (Å²) in [4.78, 5) is 27.6. The van der Waals surface area contributed by atoms with Crippen molar-refractivity contribution in [3.63, 3.8) is 0 Å². The van der Waals surface area contributed by atoms with Gasteiger partial charge in [0.25, 0.3) is 0 Å². The van der Waals surface area contributed by atoms with Crippen LogP contribution < -0.4 is 4.90 Å². The van der Waals surface area contributed by atoms with Gasteiger partial charge < -0.3 is 9.80 Å². The second-order valence-electron chi connectivity index (χ2n) is 8.23. The number of aromatic nitrogens is 1. The molecule has 0 bridgehead atoms. The number of amides is 1. The van der Waals surface area contributed by atoms with Crippen LogP contribution in [0.25, 0.3) is 0 Å². The Balaban J connectivity index is 1.42. The van der Waals surface area contributed by atoms with E-state index in [1.807, 2.05) is 23.3 Å². The van der Waals surface area contributed by atoms with Gasteiger partial charge in [-0.05, 0) is 32.7 Å². The van der Waals surface area contributed by atoms with Crippen molar-refractivity contribution in [1.29, 1.82) is 0 Å². The van der Waals surface area contributed by atoms with E-state index in [-0.39, 0.29) is 5.54 Å². The number of piperazine rings is 1. The fraction of sp³-hybridized carbons (Fsp3) is 0.789. The smallest absolute Gasteiger partial charge is 0.222 e. The number of anilines is 1. The molecule has 1 atom stereocenters. The van der Waals surface area contributed by atoms with E-state index >= 15 is 0 Å². The quantitative estimate of drug-likeness (QED) is 0.805. The molecule has 7 heteroatoms. The number of hydrogen-bond donors (Lipinski definition) is 0. The van der Waals surface area contributed by atoms with Gasteiger partial charge in [-0.25, -0.2) is 4.98 Å². The second kappa shape index (κ2) is 7.44. The molecule has 1 aromatic heterocycles. The fourth-order valence-electron chi connectivity index (χ4n) is 4.62. The first-order valence-electron chi connectivity index (χ1n) is 9.93. The van der Waals surface area contributed by atoms with Gasteiger partial charge in [0.1, 0.15) is 0 Å². The normalized spacial score (nSPS) is 28.9. The molecule has 144 valence electrons. The topological polar surface area (TPSA) is 42.9 Å². The highest BCUT2D eigenvalue weighted by molar-refractivity contribution is 7.15. The second-order valence-corrected chi connectivity index (χ2v) is 9.32. The molecule has 0 saturated carbocycles. The Kier molecular flexibility index (Phi) is 5.21. The predicted octanol–water partition coefficient (Wildman–Crippen LogP) is 1.87. The van der Waals surface area contributed by atoms with Crippen LogP contribution in [0, 0.1) is 0 Å². The van der Waals surface area contributed by atoms with E-state index in [2.05, 4.69) is 32.9 Å². The zero-order valence-electron chi connectivity index (χ0n) is 16.1. The number of likely N-dealkylation sites (tertiary alicyclic amines) is 1. The molecule has 0 aliphatic carbocycles. The van der Waals surface area contributed by atoms with Gasteiger partial charge in [0.2, 0.25) is 5.91 Å². The van der Waals surface area contributed by atoms with Crippen LogP contribution >= 0.6 is 11.3 Å². The summed E-state index contributed by atoms with van der Waals surface area (Å²) in [6.07, 6.45) is 7.39. The van der Waals surface area contributed by atoms with Crippen molar-refractivity contribution in [2.75, 3.05) is 58.3 Å². The number of carbonyl (C=O) groups is 1. The predicted molar refractivity (Wildman–Crippen MR) is 106 cm³/mol. The van der Waals surface area contributed by atoms with E-state index in [0.29, 0.717) is 12.3 Å². The van der Waals surface area contributed by atoms with Gasteiger partial charge in [0, 0.05) is 75.9 Å². The summed E-state index contributed by atoms with van der Waals surface area (Å²) in [7, 11) is 4.18. The average Bonchev–Trinajstić information content (AvgIpc) is 3.29. The summed E-state index contributed by atoms with van der Waals surface area (Å²) in [5, 5.41) is 1.20. The highest BCUT2D eigenvalue weighted by Crippen LogP contribution is 2.33. The molecule has 0 radical (unpaired) electrons. The Morgan fingerprint density at radius 1 is 1.12 bits per heavy atom. The summed E-state index contributed by atoms with van der Waals surface area (Å²) < 4.78 is 0. The van der Waals surface area contributed by atoms with Gasteiger partial charge >= 0.3 is 0 Å². The first-order valence-corrected chi connectivity index (χ1v) is 10.7. The highest BCUT2D eigenvalue weighted by atomic mass is 32.1. The lowest BCUT2D eigenvalue weighted by atomic mass is 9.86. The van der Waals surface area contributed by atoms with Crippen molar-refractivity contribution < 1.29 is 4.79 Å². The summed E-state index contributed by atoms with van der Waals surface area (Å²) in [6, 6.07) is 0. The van der Waals surface area contributed by atoms with E-state index in [1.54, 1.807) is 0 Å². The lowest BCUT2D eigenvalue weighted by Gasteiger charge is -2.49. The number of hydrogen-bond acceptors (Lipinski definition) is 6. The van der Waals surface area contributed by atoms with E-state index in [0.717, 1.165) is 58.7 Å². The summed E-state index contributed by atoms with van der Waals surface area (Å²) in [6.45, 7) is 7.41. The minimum absolute atomic E-state index is 0.140. The first-order chi connectivity index (χ1) is 12.6. The summed E-state index contributed by atoms with van der Waals surface area (Å²) in [5.74, 6) is 0.296. The van der Waals surface area contributed by atoms with Crippen LogP contribution in [-0.2, 0) is 11.3 Å². The van der Waals surface area contributed by atoms with Gasteiger partial charge in [-0.2, -0.15) is 0 Å². The molecule has 26 heavy (non-hydrogen) atoms. The minimum atomic E-state index is 0.140. The Morgan fingerprint density at radius 2 is 1.92 bits per heavy atom. The van der Waals surface area contributed by atoms with Crippen molar-refractivity contribution in [2.24, 2.45) is 0 Å². The molecule has 0 unspecified atom stereocenters. The minimum Gasteiger partial charge on any atom is -0.348 e. The third-order valence-electron chi connectivity index (χ3n) is 6.52. The van der Waals surface area contributed by atoms with Crippen molar-refractivity contribution in [3.8, 4) is 0 Å². The molecule has 6 nitrogen and oxygen atoms in total. The molecule has 3 fully saturated rings. The van der Waals surface area contributed by atoms with E-state index in [4.69, 9.17) is 0 Å². The zero-order valence-corrected chi connectivity index (χ0v) is 16.9. The van der Waals surface area contributed by atoms with E-state index in [9.17, 15) is 4.79 Å². The molecule has 1 spiro atoms. The lowest BCUT2D eigenvalue weighted by Crippen LogP contribution is -2.60. The third kappa shape index (κ3) is 3.62. The van der Waals surface area contributed by atoms with Gasteiger partial charge in [-0.15, -0.1) is 11.3 Å². The number of nitrogens with zero attached hydrogens (tertiary/aromatic N) is 5. The molecule has 4 heterocycles. The average molecular weight is 378 g/mol. The van der Waals surface area contributed by atoms with Crippen molar-refractivity contribution in [2.45, 2.75) is 44.2 Å². The molecule has 0 aromatic carbocycles. The Labute approximate surface area is 160 Å². The number of thiazole rings is 1. The van der Waals surface area contributed by atoms with Crippen LogP contribution in [-0.4, -0.2) is 84.5 Å². The van der Waals surface area contributed by atoms with Crippen molar-refractivity contribution in [1.82, 2.24) is 19.7 Å². The molecule has 1 amide bonds. The lowest BCUT2D eigenvalue weighted by molar-refractivity contribution is -0.129. The maximum absolute atomic E-state index is 12.1. The third-order valence-corrected chi connectivity index (χ3v) is 7.56. The summed E-state index contributed by atoms with van der Waals surface area (Å²) in [5.41, 5.74) is 0.140. The molecule has 3 saturated heterocycles. The van der Waals surface area contributed by atoms with Crippen LogP contribution in [0.5, 0.6) is 0 Å². The van der Waals surface area contributed by atoms with Crippen LogP contribution in [0.1, 0.15) is 37.0 Å². The van der Waals surface area contributed by atoms with Gasteiger partial charge in [0.15, 0.2) is 5.13 Å². The van der Waals surface area contributed by atoms with Gasteiger partial charge in [-0.3, -0.25) is 14.6 Å². The Hall–Kier alpha value is -1.18. The maximum Gasteiger partial charge on any atom is 0.222 e. The monoisotopic (exact) mass is 377 g/mol. The first kappa shape index (κ1) is 18.2. The van der Waals surface area contributed by atoms with Crippen LogP contribution in [0.15, 0.2) is 6.20 Å². The van der Waals surface area contributed by atoms with E-state index in [1.165, 1.54) is 22.9 Å². The van der Waals surface area contributed by atoms with E-state index < -0.39 is 0 Å². The molecule has 1 aromatic rings. The molecule has 0 N–H and O–H groups in total.